The molecular formula is C12H11BrClNO2S2. The number of hydrogen-bond acceptors (Lipinski definition) is 3. The zero-order chi connectivity index (χ0) is 14.0. The quantitative estimate of drug-likeness (QED) is 0.873. The Morgan fingerprint density at radius 1 is 1.32 bits per heavy atom. The largest absolute Gasteiger partial charge is 0.250 e. The van der Waals surface area contributed by atoms with Gasteiger partial charge in [0.1, 0.15) is 4.21 Å². The maximum atomic E-state index is 12.1. The van der Waals surface area contributed by atoms with Gasteiger partial charge in [-0.1, -0.05) is 41.4 Å². The Bertz CT molecular complexity index is 661. The second-order valence-corrected chi connectivity index (χ2v) is 8.77. The summed E-state index contributed by atoms with van der Waals surface area (Å²) in [5.41, 5.74) is 2.05. The lowest BCUT2D eigenvalue weighted by molar-refractivity contribution is 0.583. The van der Waals surface area contributed by atoms with Gasteiger partial charge < -0.3 is 0 Å². The van der Waals surface area contributed by atoms with Gasteiger partial charge in [0, 0.05) is 6.54 Å². The molecule has 2 aromatic rings. The Hall–Kier alpha value is -0.400. The SMILES string of the molecule is Cc1ccc(CNS(=O)(=O)c2cc(Cl)c(Br)s2)cc1. The van der Waals surface area contributed by atoms with Gasteiger partial charge in [0.2, 0.25) is 10.0 Å². The molecule has 7 heteroatoms. The summed E-state index contributed by atoms with van der Waals surface area (Å²) in [5.74, 6) is 0. The van der Waals surface area contributed by atoms with Gasteiger partial charge >= 0.3 is 0 Å². The molecule has 1 heterocycles. The molecule has 0 radical (unpaired) electrons. The van der Waals surface area contributed by atoms with Crippen molar-refractivity contribution in [3.8, 4) is 0 Å². The fourth-order valence-corrected chi connectivity index (χ4v) is 4.88. The van der Waals surface area contributed by atoms with E-state index in [0.29, 0.717) is 8.81 Å². The first kappa shape index (κ1) is 15.0. The van der Waals surface area contributed by atoms with Gasteiger partial charge in [-0.3, -0.25) is 0 Å². The normalized spacial score (nSPS) is 11.7. The van der Waals surface area contributed by atoms with Gasteiger partial charge in [-0.2, -0.15) is 0 Å². The Kier molecular flexibility index (Phi) is 4.68. The van der Waals surface area contributed by atoms with Gasteiger partial charge in [0.05, 0.1) is 8.81 Å². The number of sulfonamides is 1. The molecule has 0 atom stereocenters. The van der Waals surface area contributed by atoms with E-state index in [1.807, 2.05) is 31.2 Å². The van der Waals surface area contributed by atoms with Gasteiger partial charge in [-0.25, -0.2) is 13.1 Å². The van der Waals surface area contributed by atoms with Crippen LogP contribution in [0.5, 0.6) is 0 Å². The molecule has 0 saturated carbocycles. The lowest BCUT2D eigenvalue weighted by Gasteiger charge is -2.05. The third kappa shape index (κ3) is 3.79. The molecule has 0 aliphatic carbocycles. The number of thiophene rings is 1. The highest BCUT2D eigenvalue weighted by Gasteiger charge is 2.18. The van der Waals surface area contributed by atoms with E-state index in [9.17, 15) is 8.42 Å². The molecule has 0 unspecified atom stereocenters. The van der Waals surface area contributed by atoms with E-state index in [0.717, 1.165) is 22.5 Å². The first-order chi connectivity index (χ1) is 8.88. The van der Waals surface area contributed by atoms with E-state index in [4.69, 9.17) is 11.6 Å². The van der Waals surface area contributed by atoms with Crippen LogP contribution in [-0.4, -0.2) is 8.42 Å². The summed E-state index contributed by atoms with van der Waals surface area (Å²) in [6.45, 7) is 2.24. The van der Waals surface area contributed by atoms with Gasteiger partial charge in [0.15, 0.2) is 0 Å². The van der Waals surface area contributed by atoms with Crippen LogP contribution < -0.4 is 4.72 Å². The topological polar surface area (TPSA) is 46.2 Å². The van der Waals surface area contributed by atoms with Crippen LogP contribution in [0.2, 0.25) is 5.02 Å². The third-order valence-corrected chi connectivity index (χ3v) is 6.82. The molecule has 1 aromatic heterocycles. The van der Waals surface area contributed by atoms with E-state index in [1.54, 1.807) is 0 Å². The molecule has 1 aromatic carbocycles. The Labute approximate surface area is 129 Å². The number of benzene rings is 1. The zero-order valence-electron chi connectivity index (χ0n) is 9.98. The van der Waals surface area contributed by atoms with Crippen molar-refractivity contribution >= 4 is 48.9 Å². The lowest BCUT2D eigenvalue weighted by atomic mass is 10.2. The molecule has 0 aliphatic rings. The van der Waals surface area contributed by atoms with Gasteiger partial charge in [-0.05, 0) is 34.5 Å². The van der Waals surface area contributed by atoms with Crippen molar-refractivity contribution in [3.05, 3.63) is 50.3 Å². The minimum atomic E-state index is -3.52. The van der Waals surface area contributed by atoms with Crippen LogP contribution in [0, 0.1) is 6.92 Å². The van der Waals surface area contributed by atoms with E-state index < -0.39 is 10.0 Å². The van der Waals surface area contributed by atoms with Crippen molar-refractivity contribution in [2.45, 2.75) is 17.7 Å². The summed E-state index contributed by atoms with van der Waals surface area (Å²) in [7, 11) is -3.52. The average Bonchev–Trinajstić information content (AvgIpc) is 2.70. The van der Waals surface area contributed by atoms with Crippen LogP contribution in [0.15, 0.2) is 38.3 Å². The van der Waals surface area contributed by atoms with Crippen molar-refractivity contribution in [1.82, 2.24) is 4.72 Å². The maximum absolute atomic E-state index is 12.1. The highest BCUT2D eigenvalue weighted by atomic mass is 79.9. The van der Waals surface area contributed by atoms with E-state index >= 15 is 0 Å². The molecule has 1 N–H and O–H groups in total. The average molecular weight is 381 g/mol. The number of nitrogens with one attached hydrogen (secondary N) is 1. The minimum absolute atomic E-state index is 0.205. The van der Waals surface area contributed by atoms with Crippen molar-refractivity contribution in [2.24, 2.45) is 0 Å². The fourth-order valence-electron chi connectivity index (χ4n) is 1.41. The molecule has 102 valence electrons. The number of aryl methyl sites for hydroxylation is 1. The molecule has 0 amide bonds. The number of rotatable bonds is 4. The summed E-state index contributed by atoms with van der Waals surface area (Å²) < 4.78 is 27.5. The van der Waals surface area contributed by atoms with Crippen molar-refractivity contribution in [1.29, 1.82) is 0 Å². The van der Waals surface area contributed by atoms with Crippen LogP contribution in [-0.2, 0) is 16.6 Å². The molecule has 0 aliphatic heterocycles. The van der Waals surface area contributed by atoms with Crippen LogP contribution in [0.4, 0.5) is 0 Å². The smallest absolute Gasteiger partial charge is 0.206 e. The second kappa shape index (κ2) is 5.93. The molecule has 0 spiro atoms. The predicted molar refractivity (Wildman–Crippen MR) is 82.2 cm³/mol. The maximum Gasteiger partial charge on any atom is 0.250 e. The van der Waals surface area contributed by atoms with Gasteiger partial charge in [-0.15, -0.1) is 11.3 Å². The van der Waals surface area contributed by atoms with E-state index in [2.05, 4.69) is 20.7 Å². The highest BCUT2D eigenvalue weighted by Crippen LogP contribution is 2.34. The standard InChI is InChI=1S/C12H11BrClNO2S2/c1-8-2-4-9(5-3-8)7-15-19(16,17)11-6-10(14)12(13)18-11/h2-6,15H,7H2,1H3. The zero-order valence-corrected chi connectivity index (χ0v) is 14.0. The highest BCUT2D eigenvalue weighted by molar-refractivity contribution is 9.11. The Balaban J connectivity index is 2.11. The molecular weight excluding hydrogens is 370 g/mol. The first-order valence-corrected chi connectivity index (χ1v) is 8.85. The summed E-state index contributed by atoms with van der Waals surface area (Å²) in [6.07, 6.45) is 0. The number of hydrogen-bond donors (Lipinski definition) is 1. The summed E-state index contributed by atoms with van der Waals surface area (Å²) in [4.78, 5) is 0. The molecule has 0 fully saturated rings. The van der Waals surface area contributed by atoms with Crippen molar-refractivity contribution < 1.29 is 8.42 Å². The van der Waals surface area contributed by atoms with Crippen LogP contribution >= 0.6 is 38.9 Å². The summed E-state index contributed by atoms with van der Waals surface area (Å²) >= 11 is 10.1. The Morgan fingerprint density at radius 2 is 1.95 bits per heavy atom. The molecule has 0 saturated heterocycles. The van der Waals surface area contributed by atoms with Crippen LogP contribution in [0.3, 0.4) is 0 Å². The number of halogens is 2. The molecule has 19 heavy (non-hydrogen) atoms. The predicted octanol–water partition coefficient (Wildman–Crippen LogP) is 3.95. The summed E-state index contributed by atoms with van der Waals surface area (Å²) in [5, 5.41) is 0.403. The third-order valence-electron chi connectivity index (χ3n) is 2.47. The fraction of sp³-hybridized carbons (Fsp3) is 0.167. The van der Waals surface area contributed by atoms with Crippen LogP contribution in [0.1, 0.15) is 11.1 Å². The van der Waals surface area contributed by atoms with Crippen LogP contribution in [0.25, 0.3) is 0 Å². The summed E-state index contributed by atoms with van der Waals surface area (Å²) in [6, 6.07) is 9.13. The van der Waals surface area contributed by atoms with Crippen molar-refractivity contribution in [2.75, 3.05) is 0 Å². The van der Waals surface area contributed by atoms with E-state index in [1.165, 1.54) is 6.07 Å². The molecule has 0 bridgehead atoms. The second-order valence-electron chi connectivity index (χ2n) is 4.00. The first-order valence-electron chi connectivity index (χ1n) is 5.38. The monoisotopic (exact) mass is 379 g/mol. The molecule has 2 rings (SSSR count). The minimum Gasteiger partial charge on any atom is -0.206 e. The van der Waals surface area contributed by atoms with Gasteiger partial charge in [0.25, 0.3) is 0 Å². The van der Waals surface area contributed by atoms with E-state index in [-0.39, 0.29) is 10.8 Å². The lowest BCUT2D eigenvalue weighted by Crippen LogP contribution is -2.22. The molecule has 3 nitrogen and oxygen atoms in total. The van der Waals surface area contributed by atoms with Crippen molar-refractivity contribution in [3.63, 3.8) is 0 Å². The Morgan fingerprint density at radius 3 is 2.47 bits per heavy atom.